The van der Waals surface area contributed by atoms with Crippen molar-refractivity contribution in [3.8, 4) is 0 Å². The number of hydrogen-bond acceptors (Lipinski definition) is 2. The molecule has 2 rings (SSSR count). The molecular formula is C17H37NS. The van der Waals surface area contributed by atoms with Crippen LogP contribution in [0.2, 0.25) is 0 Å². The van der Waals surface area contributed by atoms with E-state index >= 15 is 0 Å². The van der Waals surface area contributed by atoms with Crippen molar-refractivity contribution >= 4 is 11.8 Å². The molecule has 0 aromatic heterocycles. The summed E-state index contributed by atoms with van der Waals surface area (Å²) >= 11 is 2.05. The van der Waals surface area contributed by atoms with Crippen molar-refractivity contribution in [3.63, 3.8) is 0 Å². The quantitative estimate of drug-likeness (QED) is 0.651. The van der Waals surface area contributed by atoms with Gasteiger partial charge in [0.2, 0.25) is 0 Å². The second kappa shape index (κ2) is 13.3. The van der Waals surface area contributed by atoms with Gasteiger partial charge in [0.05, 0.1) is 0 Å². The van der Waals surface area contributed by atoms with Gasteiger partial charge in [0.1, 0.15) is 0 Å². The molecule has 2 fully saturated rings. The lowest BCUT2D eigenvalue weighted by atomic mass is 9.95. The van der Waals surface area contributed by atoms with Crippen molar-refractivity contribution < 1.29 is 0 Å². The topological polar surface area (TPSA) is 3.24 Å². The molecule has 0 unspecified atom stereocenters. The van der Waals surface area contributed by atoms with E-state index in [4.69, 9.17) is 0 Å². The van der Waals surface area contributed by atoms with Gasteiger partial charge in [-0.25, -0.2) is 0 Å². The Bertz CT molecular complexity index is 170. The molecule has 0 aromatic carbocycles. The third-order valence-corrected chi connectivity index (χ3v) is 5.33. The van der Waals surface area contributed by atoms with Crippen molar-refractivity contribution in [3.05, 3.63) is 0 Å². The van der Waals surface area contributed by atoms with Gasteiger partial charge in [-0.2, -0.15) is 11.8 Å². The average molecular weight is 288 g/mol. The van der Waals surface area contributed by atoms with Crippen LogP contribution in [0, 0.1) is 0 Å². The van der Waals surface area contributed by atoms with Gasteiger partial charge < -0.3 is 4.90 Å². The molecule has 116 valence electrons. The minimum atomic E-state index is 0.888. The number of nitrogens with zero attached hydrogens (tertiary/aromatic N) is 1. The van der Waals surface area contributed by atoms with Crippen LogP contribution in [0.4, 0.5) is 0 Å². The van der Waals surface area contributed by atoms with Crippen molar-refractivity contribution in [1.82, 2.24) is 4.90 Å². The summed E-state index contributed by atoms with van der Waals surface area (Å²) in [5.74, 6) is 0. The van der Waals surface area contributed by atoms with E-state index in [0.717, 1.165) is 11.3 Å². The van der Waals surface area contributed by atoms with Crippen molar-refractivity contribution in [2.24, 2.45) is 0 Å². The highest BCUT2D eigenvalue weighted by Crippen LogP contribution is 2.25. The largest absolute Gasteiger partial charge is 0.306 e. The van der Waals surface area contributed by atoms with Crippen LogP contribution < -0.4 is 0 Å². The van der Waals surface area contributed by atoms with Crippen LogP contribution in [0.25, 0.3) is 0 Å². The fourth-order valence-corrected chi connectivity index (χ4v) is 3.70. The molecule has 19 heavy (non-hydrogen) atoms. The van der Waals surface area contributed by atoms with Gasteiger partial charge in [0.15, 0.2) is 0 Å². The molecule has 0 heterocycles. The molecule has 0 N–H and O–H groups in total. The predicted molar refractivity (Wildman–Crippen MR) is 92.3 cm³/mol. The molecule has 0 aromatic rings. The first kappa shape index (κ1) is 19.3. The van der Waals surface area contributed by atoms with Gasteiger partial charge in [-0.05, 0) is 46.0 Å². The molecule has 2 aliphatic rings. The van der Waals surface area contributed by atoms with E-state index in [2.05, 4.69) is 25.3 Å². The van der Waals surface area contributed by atoms with E-state index in [-0.39, 0.29) is 0 Å². The van der Waals surface area contributed by atoms with E-state index in [9.17, 15) is 0 Å². The van der Waals surface area contributed by atoms with Gasteiger partial charge in [0.25, 0.3) is 0 Å². The minimum absolute atomic E-state index is 0.888. The summed E-state index contributed by atoms with van der Waals surface area (Å²) in [6.45, 7) is 4.00. The fourth-order valence-electron chi connectivity index (χ4n) is 2.90. The smallest absolute Gasteiger partial charge is 0.00891 e. The first-order valence-corrected chi connectivity index (χ1v) is 9.72. The van der Waals surface area contributed by atoms with Crippen LogP contribution in [0.15, 0.2) is 0 Å². The van der Waals surface area contributed by atoms with E-state index in [1.54, 1.807) is 0 Å². The Labute approximate surface area is 126 Å². The highest BCUT2D eigenvalue weighted by Gasteiger charge is 2.14. The van der Waals surface area contributed by atoms with Crippen LogP contribution in [0.3, 0.4) is 0 Å². The van der Waals surface area contributed by atoms with Crippen LogP contribution >= 0.6 is 11.8 Å². The number of thioether (sulfide) groups is 1. The van der Waals surface area contributed by atoms with Crippen LogP contribution in [-0.4, -0.2) is 36.5 Å². The maximum Gasteiger partial charge on any atom is 0.00891 e. The zero-order valence-electron chi connectivity index (χ0n) is 14.1. The molecule has 2 aliphatic carbocycles. The average Bonchev–Trinajstić information content (AvgIpc) is 2.51. The van der Waals surface area contributed by atoms with Crippen LogP contribution in [0.1, 0.15) is 78.1 Å². The molecule has 2 heteroatoms. The molecule has 1 nitrogen and oxygen atoms in total. The van der Waals surface area contributed by atoms with Crippen LogP contribution in [-0.2, 0) is 0 Å². The maximum absolute atomic E-state index is 2.36. The molecular weight excluding hydrogens is 250 g/mol. The lowest BCUT2D eigenvalue weighted by Gasteiger charge is -2.27. The lowest BCUT2D eigenvalue weighted by molar-refractivity contribution is 0.229. The lowest BCUT2D eigenvalue weighted by Crippen LogP contribution is -2.29. The maximum atomic E-state index is 2.36. The minimum Gasteiger partial charge on any atom is -0.306 e. The molecule has 2 saturated carbocycles. The molecule has 0 bridgehead atoms. The molecule has 0 aliphatic heterocycles. The molecule has 0 saturated heterocycles. The van der Waals surface area contributed by atoms with Crippen molar-refractivity contribution in [2.75, 3.05) is 20.4 Å². The Morgan fingerprint density at radius 2 is 1.16 bits per heavy atom. The summed E-state index contributed by atoms with van der Waals surface area (Å²) in [6, 6.07) is 0.888. The monoisotopic (exact) mass is 287 g/mol. The molecule has 0 spiro atoms. The summed E-state index contributed by atoms with van der Waals surface area (Å²) in [7, 11) is 4.38. The van der Waals surface area contributed by atoms with E-state index in [1.165, 1.54) is 64.2 Å². The van der Waals surface area contributed by atoms with Gasteiger partial charge in [-0.15, -0.1) is 0 Å². The summed E-state index contributed by atoms with van der Waals surface area (Å²) in [6.07, 6.45) is 16.8. The second-order valence-electron chi connectivity index (χ2n) is 5.75. The number of rotatable bonds is 2. The fraction of sp³-hybridized carbons (Fsp3) is 1.00. The second-order valence-corrected chi connectivity index (χ2v) is 6.89. The number of hydrogen-bond donors (Lipinski definition) is 0. The van der Waals surface area contributed by atoms with Crippen molar-refractivity contribution in [2.45, 2.75) is 89.3 Å². The van der Waals surface area contributed by atoms with Gasteiger partial charge in [-0.1, -0.05) is 52.4 Å². The summed E-state index contributed by atoms with van der Waals surface area (Å²) in [5, 5.41) is 1.00. The summed E-state index contributed by atoms with van der Waals surface area (Å²) < 4.78 is 0. The Morgan fingerprint density at radius 1 is 0.737 bits per heavy atom. The predicted octanol–water partition coefficient (Wildman–Crippen LogP) is 5.59. The van der Waals surface area contributed by atoms with E-state index in [1.807, 2.05) is 25.6 Å². The third-order valence-electron chi connectivity index (χ3n) is 4.19. The third kappa shape index (κ3) is 9.79. The van der Waals surface area contributed by atoms with Gasteiger partial charge in [-0.3, -0.25) is 0 Å². The Hall–Kier alpha value is 0.310. The standard InChI is InChI=1S/C8H17N.C7H14S.C2H6/c1-9(2)8-6-4-3-5-7-8;1-8-7-5-3-2-4-6-7;1-2/h8H,3-7H2,1-2H3;7H,2-6H2,1H3;1-2H3. The van der Waals surface area contributed by atoms with E-state index in [0.29, 0.717) is 0 Å². The van der Waals surface area contributed by atoms with Gasteiger partial charge in [0, 0.05) is 11.3 Å². The highest BCUT2D eigenvalue weighted by molar-refractivity contribution is 7.99. The Balaban J connectivity index is 0.000000303. The van der Waals surface area contributed by atoms with Gasteiger partial charge >= 0.3 is 0 Å². The summed E-state index contributed by atoms with van der Waals surface area (Å²) in [4.78, 5) is 2.36. The summed E-state index contributed by atoms with van der Waals surface area (Å²) in [5.41, 5.74) is 0. The zero-order chi connectivity index (χ0) is 14.5. The zero-order valence-corrected chi connectivity index (χ0v) is 14.9. The van der Waals surface area contributed by atoms with Crippen molar-refractivity contribution in [1.29, 1.82) is 0 Å². The molecule has 0 atom stereocenters. The highest BCUT2D eigenvalue weighted by atomic mass is 32.2. The Morgan fingerprint density at radius 3 is 1.42 bits per heavy atom. The first-order chi connectivity index (χ1) is 9.24. The van der Waals surface area contributed by atoms with E-state index < -0.39 is 0 Å². The normalized spacial score (nSPS) is 21.2. The first-order valence-electron chi connectivity index (χ1n) is 8.43. The molecule has 0 radical (unpaired) electrons. The van der Waals surface area contributed by atoms with Crippen LogP contribution in [0.5, 0.6) is 0 Å². The SMILES string of the molecule is CC.CN(C)C1CCCCC1.CSC1CCCCC1. The molecule has 0 amide bonds. The Kier molecular flexibility index (Phi) is 13.5.